The molecule has 0 spiro atoms. The number of benzene rings is 2. The second-order valence-electron chi connectivity index (χ2n) is 5.34. The van der Waals surface area contributed by atoms with Gasteiger partial charge in [0, 0.05) is 0 Å². The second-order valence-corrected chi connectivity index (χ2v) is 5.34. The molecular weight excluding hydrogens is 227 g/mol. The molecule has 0 nitrogen and oxygen atoms in total. The van der Waals surface area contributed by atoms with Gasteiger partial charge >= 0.3 is 0 Å². The number of hydrogen-bond donors (Lipinski definition) is 0. The van der Waals surface area contributed by atoms with E-state index in [2.05, 4.69) is 74.9 Å². The van der Waals surface area contributed by atoms with E-state index in [1.165, 1.54) is 32.8 Å². The van der Waals surface area contributed by atoms with Crippen LogP contribution in [-0.4, -0.2) is 7.28 Å². The molecule has 0 unspecified atom stereocenters. The molecule has 19 heavy (non-hydrogen) atoms. The van der Waals surface area contributed by atoms with E-state index in [1.54, 1.807) is 0 Å². The SMILES string of the molecule is C[C@H]1C=CC2=C(C=C1)c1ccc3ccccc3c1[B]2. The highest BCUT2D eigenvalue weighted by atomic mass is 14.2. The average Bonchev–Trinajstić information content (AvgIpc) is 2.71. The summed E-state index contributed by atoms with van der Waals surface area (Å²) in [4.78, 5) is 0. The van der Waals surface area contributed by atoms with Crippen LogP contribution in [0.15, 0.2) is 66.2 Å². The number of hydrogen-bond acceptors (Lipinski definition) is 0. The predicted molar refractivity (Wildman–Crippen MR) is 83.7 cm³/mol. The molecule has 89 valence electrons. The largest absolute Gasteiger partial charge is 0.193 e. The molecule has 0 N–H and O–H groups in total. The lowest BCUT2D eigenvalue weighted by Gasteiger charge is -2.07. The summed E-state index contributed by atoms with van der Waals surface area (Å²) in [6.45, 7) is 2.22. The van der Waals surface area contributed by atoms with Crippen LogP contribution in [0.2, 0.25) is 0 Å². The van der Waals surface area contributed by atoms with Crippen LogP contribution in [0.25, 0.3) is 16.3 Å². The predicted octanol–water partition coefficient (Wildman–Crippen LogP) is 3.66. The molecule has 2 aromatic rings. The Morgan fingerprint density at radius 3 is 2.74 bits per heavy atom. The fourth-order valence-electron chi connectivity index (χ4n) is 2.97. The van der Waals surface area contributed by atoms with Crippen molar-refractivity contribution in [3.05, 3.63) is 71.7 Å². The first-order chi connectivity index (χ1) is 9.33. The number of fused-ring (bicyclic) bond motifs is 4. The van der Waals surface area contributed by atoms with Crippen LogP contribution in [0.1, 0.15) is 12.5 Å². The molecule has 1 atom stereocenters. The number of allylic oxidation sites excluding steroid dienone is 6. The Kier molecular flexibility index (Phi) is 2.28. The van der Waals surface area contributed by atoms with Crippen molar-refractivity contribution in [3.8, 4) is 0 Å². The highest BCUT2D eigenvalue weighted by Crippen LogP contribution is 2.30. The first-order valence-electron chi connectivity index (χ1n) is 6.80. The van der Waals surface area contributed by atoms with Crippen molar-refractivity contribution in [3.63, 3.8) is 0 Å². The van der Waals surface area contributed by atoms with Crippen LogP contribution in [-0.2, 0) is 0 Å². The van der Waals surface area contributed by atoms with Gasteiger partial charge in [0.2, 0.25) is 0 Å². The molecule has 0 fully saturated rings. The van der Waals surface area contributed by atoms with Crippen molar-refractivity contribution < 1.29 is 0 Å². The van der Waals surface area contributed by atoms with Gasteiger partial charge in [0.1, 0.15) is 0 Å². The van der Waals surface area contributed by atoms with Gasteiger partial charge in [-0.3, -0.25) is 0 Å². The normalized spacial score (nSPS) is 20.2. The average molecular weight is 241 g/mol. The molecule has 2 aliphatic rings. The highest BCUT2D eigenvalue weighted by Gasteiger charge is 2.22. The van der Waals surface area contributed by atoms with Crippen molar-refractivity contribution in [1.82, 2.24) is 0 Å². The van der Waals surface area contributed by atoms with E-state index < -0.39 is 0 Å². The summed E-state index contributed by atoms with van der Waals surface area (Å²) in [5, 5.41) is 2.67. The van der Waals surface area contributed by atoms with Gasteiger partial charge in [-0.2, -0.15) is 0 Å². The molecule has 1 heterocycles. The lowest BCUT2D eigenvalue weighted by molar-refractivity contribution is 0.942. The lowest BCUT2D eigenvalue weighted by Crippen LogP contribution is -2.14. The van der Waals surface area contributed by atoms with E-state index in [1.807, 2.05) is 0 Å². The van der Waals surface area contributed by atoms with E-state index >= 15 is 0 Å². The molecular formula is C18H14B. The van der Waals surface area contributed by atoms with E-state index in [0.717, 1.165) is 0 Å². The van der Waals surface area contributed by atoms with Gasteiger partial charge in [0.05, 0.1) is 0 Å². The van der Waals surface area contributed by atoms with Crippen LogP contribution in [0, 0.1) is 5.92 Å². The Balaban J connectivity index is 1.96. The van der Waals surface area contributed by atoms with Gasteiger partial charge < -0.3 is 0 Å². The third-order valence-electron chi connectivity index (χ3n) is 4.02. The van der Waals surface area contributed by atoms with Crippen molar-refractivity contribution >= 4 is 29.1 Å². The van der Waals surface area contributed by atoms with E-state index in [9.17, 15) is 0 Å². The van der Waals surface area contributed by atoms with Gasteiger partial charge in [0.15, 0.2) is 7.28 Å². The molecule has 0 saturated carbocycles. The molecule has 0 aromatic heterocycles. The molecule has 1 aliphatic heterocycles. The molecule has 4 rings (SSSR count). The molecule has 0 bridgehead atoms. The van der Waals surface area contributed by atoms with Gasteiger partial charge in [0.25, 0.3) is 0 Å². The highest BCUT2D eigenvalue weighted by molar-refractivity contribution is 6.70. The molecule has 0 amide bonds. The minimum Gasteiger partial charge on any atom is -0.0784 e. The Morgan fingerprint density at radius 1 is 0.947 bits per heavy atom. The van der Waals surface area contributed by atoms with Crippen LogP contribution in [0.3, 0.4) is 0 Å². The maximum atomic E-state index is 2.33. The van der Waals surface area contributed by atoms with E-state index in [-0.39, 0.29) is 0 Å². The molecule has 1 heteroatoms. The Labute approximate surface area is 114 Å². The quantitative estimate of drug-likeness (QED) is 0.617. The van der Waals surface area contributed by atoms with Crippen molar-refractivity contribution in [2.75, 3.05) is 0 Å². The smallest absolute Gasteiger partial charge is 0.0784 e. The van der Waals surface area contributed by atoms with Crippen LogP contribution in [0.4, 0.5) is 0 Å². The summed E-state index contributed by atoms with van der Waals surface area (Å²) in [6.07, 6.45) is 9.08. The zero-order chi connectivity index (χ0) is 12.8. The third kappa shape index (κ3) is 1.62. The zero-order valence-corrected chi connectivity index (χ0v) is 10.9. The summed E-state index contributed by atoms with van der Waals surface area (Å²) < 4.78 is 0. The van der Waals surface area contributed by atoms with Crippen molar-refractivity contribution in [2.24, 2.45) is 5.92 Å². The zero-order valence-electron chi connectivity index (χ0n) is 10.9. The summed E-state index contributed by atoms with van der Waals surface area (Å²) in [6, 6.07) is 13.1. The Hall–Kier alpha value is -2.02. The van der Waals surface area contributed by atoms with Gasteiger partial charge in [-0.1, -0.05) is 78.6 Å². The first kappa shape index (κ1) is 10.9. The Morgan fingerprint density at radius 2 is 1.79 bits per heavy atom. The standard InChI is InChI=1S/C18H14B/c1-12-6-9-15-16-10-8-13-4-2-3-5-14(13)18(16)19-17(15)11-7-12/h2-12H,1H3/t12-/m1/s1. The van der Waals surface area contributed by atoms with Crippen molar-refractivity contribution in [1.29, 1.82) is 0 Å². The van der Waals surface area contributed by atoms with Crippen LogP contribution in [0.5, 0.6) is 0 Å². The topological polar surface area (TPSA) is 0 Å². The number of rotatable bonds is 0. The summed E-state index contributed by atoms with van der Waals surface area (Å²) >= 11 is 0. The summed E-state index contributed by atoms with van der Waals surface area (Å²) in [7, 11) is 2.33. The minimum absolute atomic E-state index is 0.517. The van der Waals surface area contributed by atoms with Crippen LogP contribution >= 0.6 is 0 Å². The fourth-order valence-corrected chi connectivity index (χ4v) is 2.97. The maximum absolute atomic E-state index is 2.33. The van der Waals surface area contributed by atoms with Crippen molar-refractivity contribution in [2.45, 2.75) is 6.92 Å². The van der Waals surface area contributed by atoms with Crippen LogP contribution < -0.4 is 5.46 Å². The third-order valence-corrected chi connectivity index (χ3v) is 4.02. The summed E-state index contributed by atoms with van der Waals surface area (Å²) in [5.74, 6) is 0.517. The van der Waals surface area contributed by atoms with Gasteiger partial charge in [-0.05, 0) is 27.8 Å². The Bertz CT molecular complexity index is 762. The molecule has 2 aromatic carbocycles. The lowest BCUT2D eigenvalue weighted by atomic mass is 9.65. The molecule has 1 aliphatic carbocycles. The molecule has 1 radical (unpaired) electrons. The summed E-state index contributed by atoms with van der Waals surface area (Å²) in [5.41, 5.74) is 5.43. The molecule has 0 saturated heterocycles. The van der Waals surface area contributed by atoms with E-state index in [4.69, 9.17) is 0 Å². The first-order valence-corrected chi connectivity index (χ1v) is 6.80. The minimum atomic E-state index is 0.517. The second kappa shape index (κ2) is 3.99. The van der Waals surface area contributed by atoms with Gasteiger partial charge in [-0.25, -0.2) is 0 Å². The van der Waals surface area contributed by atoms with Gasteiger partial charge in [-0.15, -0.1) is 0 Å². The fraction of sp³-hybridized carbons (Fsp3) is 0.111. The van der Waals surface area contributed by atoms with E-state index in [0.29, 0.717) is 5.92 Å². The maximum Gasteiger partial charge on any atom is 0.193 e. The monoisotopic (exact) mass is 241 g/mol.